The number of rotatable bonds is 9. The van der Waals surface area contributed by atoms with Gasteiger partial charge in [-0.2, -0.15) is 26.3 Å². The molecule has 1 fully saturated rings. The average molecular weight is 519 g/mol. The molecule has 11 heteroatoms. The summed E-state index contributed by atoms with van der Waals surface area (Å²) in [5, 5.41) is 3.25. The van der Waals surface area contributed by atoms with Crippen LogP contribution in [0.3, 0.4) is 0 Å². The van der Waals surface area contributed by atoms with Crippen LogP contribution in [0.15, 0.2) is 48.5 Å². The normalized spacial score (nSPS) is 17.0. The molecule has 2 aromatic rings. The Labute approximate surface area is 204 Å². The SMILES string of the molecule is COC(=O)COCC(OCC1(c2ccccc2)CCNCC1)c1cc(C(F)(F)F)cc(C(F)(F)F)c1. The molecule has 1 aliphatic heterocycles. The zero-order valence-corrected chi connectivity index (χ0v) is 19.5. The highest BCUT2D eigenvalue weighted by Crippen LogP contribution is 2.39. The third-order valence-electron chi connectivity index (χ3n) is 6.21. The molecule has 5 nitrogen and oxygen atoms in total. The van der Waals surface area contributed by atoms with Gasteiger partial charge in [-0.3, -0.25) is 0 Å². The smallest absolute Gasteiger partial charge is 0.416 e. The lowest BCUT2D eigenvalue weighted by atomic mass is 9.74. The van der Waals surface area contributed by atoms with Crippen LogP contribution in [0.1, 0.15) is 41.2 Å². The van der Waals surface area contributed by atoms with E-state index in [0.717, 1.165) is 12.7 Å². The Morgan fingerprint density at radius 2 is 1.56 bits per heavy atom. The van der Waals surface area contributed by atoms with E-state index in [1.165, 1.54) is 0 Å². The van der Waals surface area contributed by atoms with Crippen LogP contribution in [0.5, 0.6) is 0 Å². The molecule has 0 saturated carbocycles. The number of carbonyl (C=O) groups excluding carboxylic acids is 1. The minimum absolute atomic E-state index is 0.0303. The van der Waals surface area contributed by atoms with Gasteiger partial charge in [-0.1, -0.05) is 30.3 Å². The van der Waals surface area contributed by atoms with E-state index in [1.54, 1.807) is 0 Å². The Morgan fingerprint density at radius 3 is 2.08 bits per heavy atom. The van der Waals surface area contributed by atoms with Gasteiger partial charge in [0.05, 0.1) is 31.5 Å². The number of esters is 1. The van der Waals surface area contributed by atoms with E-state index in [0.29, 0.717) is 38.1 Å². The fourth-order valence-electron chi connectivity index (χ4n) is 4.19. The largest absolute Gasteiger partial charge is 0.467 e. The molecule has 0 bridgehead atoms. The Kier molecular flexibility index (Phi) is 9.02. The third kappa shape index (κ3) is 7.21. The van der Waals surface area contributed by atoms with Crippen molar-refractivity contribution in [2.24, 2.45) is 0 Å². The van der Waals surface area contributed by atoms with Crippen molar-refractivity contribution in [3.05, 3.63) is 70.8 Å². The minimum Gasteiger partial charge on any atom is -0.467 e. The molecule has 198 valence electrons. The molecule has 0 aliphatic carbocycles. The van der Waals surface area contributed by atoms with Gasteiger partial charge in [0.2, 0.25) is 0 Å². The second kappa shape index (κ2) is 11.6. The number of carbonyl (C=O) groups is 1. The zero-order valence-electron chi connectivity index (χ0n) is 19.5. The van der Waals surface area contributed by atoms with Crippen LogP contribution in [0.25, 0.3) is 0 Å². The lowest BCUT2D eigenvalue weighted by Gasteiger charge is -2.39. The average Bonchev–Trinajstić information content (AvgIpc) is 2.85. The van der Waals surface area contributed by atoms with Gasteiger partial charge in [0.25, 0.3) is 0 Å². The second-order valence-electron chi connectivity index (χ2n) is 8.63. The summed E-state index contributed by atoms with van der Waals surface area (Å²) in [6, 6.07) is 10.7. The van der Waals surface area contributed by atoms with Crippen LogP contribution in [-0.2, 0) is 36.8 Å². The van der Waals surface area contributed by atoms with Crippen molar-refractivity contribution in [2.75, 3.05) is 40.0 Å². The number of ether oxygens (including phenoxy) is 3. The van der Waals surface area contributed by atoms with Crippen LogP contribution >= 0.6 is 0 Å². The van der Waals surface area contributed by atoms with E-state index in [2.05, 4.69) is 10.1 Å². The molecule has 0 spiro atoms. The highest BCUT2D eigenvalue weighted by molar-refractivity contribution is 5.70. The monoisotopic (exact) mass is 519 g/mol. The summed E-state index contributed by atoms with van der Waals surface area (Å²) >= 11 is 0. The molecule has 36 heavy (non-hydrogen) atoms. The van der Waals surface area contributed by atoms with E-state index < -0.39 is 54.2 Å². The van der Waals surface area contributed by atoms with Gasteiger partial charge < -0.3 is 19.5 Å². The maximum absolute atomic E-state index is 13.5. The van der Waals surface area contributed by atoms with Gasteiger partial charge in [0.15, 0.2) is 0 Å². The van der Waals surface area contributed by atoms with Gasteiger partial charge in [0, 0.05) is 5.41 Å². The van der Waals surface area contributed by atoms with Crippen molar-refractivity contribution in [1.82, 2.24) is 5.32 Å². The molecule has 1 aliphatic rings. The number of halogens is 6. The molecule has 2 aromatic carbocycles. The first kappa shape index (κ1) is 27.9. The first-order valence-electron chi connectivity index (χ1n) is 11.3. The van der Waals surface area contributed by atoms with Crippen LogP contribution < -0.4 is 5.32 Å². The molecule has 0 amide bonds. The summed E-state index contributed by atoms with van der Waals surface area (Å²) in [6.07, 6.45) is -10.00. The van der Waals surface area contributed by atoms with Crippen molar-refractivity contribution in [3.63, 3.8) is 0 Å². The lowest BCUT2D eigenvalue weighted by Crippen LogP contribution is -2.43. The number of alkyl halides is 6. The summed E-state index contributed by atoms with van der Waals surface area (Å²) in [4.78, 5) is 11.4. The topological polar surface area (TPSA) is 56.8 Å². The van der Waals surface area contributed by atoms with Crippen molar-refractivity contribution in [2.45, 2.75) is 36.7 Å². The summed E-state index contributed by atoms with van der Waals surface area (Å²) in [6.45, 7) is 0.391. The molecule has 1 atom stereocenters. The molecule has 0 radical (unpaired) electrons. The Hall–Kier alpha value is -2.63. The van der Waals surface area contributed by atoms with Gasteiger partial charge in [-0.05, 0) is 55.3 Å². The number of methoxy groups -OCH3 is 1. The predicted octanol–water partition coefficient (Wildman–Crippen LogP) is 5.29. The summed E-state index contributed by atoms with van der Waals surface area (Å²) in [5.41, 5.74) is -2.79. The maximum Gasteiger partial charge on any atom is 0.416 e. The first-order chi connectivity index (χ1) is 16.9. The molecule has 1 heterocycles. The summed E-state index contributed by atoms with van der Waals surface area (Å²) in [7, 11) is 1.13. The van der Waals surface area contributed by atoms with E-state index in [4.69, 9.17) is 9.47 Å². The molecule has 1 N–H and O–H groups in total. The molecule has 0 aromatic heterocycles. The maximum atomic E-state index is 13.5. The molecular formula is C25H27F6NO4. The molecule has 1 saturated heterocycles. The predicted molar refractivity (Wildman–Crippen MR) is 118 cm³/mol. The summed E-state index contributed by atoms with van der Waals surface area (Å²) in [5.74, 6) is -0.743. The van der Waals surface area contributed by atoms with Gasteiger partial charge in [0.1, 0.15) is 12.7 Å². The van der Waals surface area contributed by atoms with Crippen LogP contribution in [0, 0.1) is 0 Å². The lowest BCUT2D eigenvalue weighted by molar-refractivity contribution is -0.147. The van der Waals surface area contributed by atoms with Gasteiger partial charge in [-0.25, -0.2) is 4.79 Å². The fourth-order valence-corrected chi connectivity index (χ4v) is 4.19. The number of nitrogens with one attached hydrogen (secondary N) is 1. The number of piperidine rings is 1. The van der Waals surface area contributed by atoms with E-state index in [-0.39, 0.29) is 18.2 Å². The van der Waals surface area contributed by atoms with E-state index in [1.807, 2.05) is 30.3 Å². The van der Waals surface area contributed by atoms with Crippen LogP contribution in [-0.4, -0.2) is 46.0 Å². The Balaban J connectivity index is 1.96. The molecule has 3 rings (SSSR count). The van der Waals surface area contributed by atoms with Crippen LogP contribution in [0.4, 0.5) is 26.3 Å². The minimum atomic E-state index is -5.01. The quantitative estimate of drug-likeness (QED) is 0.360. The first-order valence-corrected chi connectivity index (χ1v) is 11.3. The van der Waals surface area contributed by atoms with Gasteiger partial charge >= 0.3 is 18.3 Å². The number of hydrogen-bond donors (Lipinski definition) is 1. The van der Waals surface area contributed by atoms with Crippen molar-refractivity contribution in [3.8, 4) is 0 Å². The van der Waals surface area contributed by atoms with E-state index in [9.17, 15) is 31.1 Å². The number of benzene rings is 2. The summed E-state index contributed by atoms with van der Waals surface area (Å²) < 4.78 is 96.5. The van der Waals surface area contributed by atoms with Crippen molar-refractivity contribution >= 4 is 5.97 Å². The van der Waals surface area contributed by atoms with Crippen LogP contribution in [0.2, 0.25) is 0 Å². The van der Waals surface area contributed by atoms with Crippen molar-refractivity contribution < 1.29 is 45.3 Å². The van der Waals surface area contributed by atoms with E-state index >= 15 is 0 Å². The third-order valence-corrected chi connectivity index (χ3v) is 6.21. The highest BCUT2D eigenvalue weighted by atomic mass is 19.4. The zero-order chi connectivity index (χ0) is 26.4. The second-order valence-corrected chi connectivity index (χ2v) is 8.63. The Morgan fingerprint density at radius 1 is 0.972 bits per heavy atom. The molecular weight excluding hydrogens is 492 g/mol. The molecule has 1 unspecified atom stereocenters. The van der Waals surface area contributed by atoms with Gasteiger partial charge in [-0.15, -0.1) is 0 Å². The standard InChI is InChI=1S/C25H27F6NO4/c1-34-22(33)15-35-14-21(17-11-19(24(26,27)28)13-20(12-17)25(29,30)31)36-16-23(7-9-32-10-8-23)18-5-3-2-4-6-18/h2-6,11-13,21,32H,7-10,14-16H2,1H3. The highest BCUT2D eigenvalue weighted by Gasteiger charge is 2.39. The van der Waals surface area contributed by atoms with Crippen molar-refractivity contribution in [1.29, 1.82) is 0 Å². The number of hydrogen-bond acceptors (Lipinski definition) is 5. The Bertz CT molecular complexity index is 972. The fraction of sp³-hybridized carbons (Fsp3) is 0.480.